The molecule has 1 fully saturated rings. The van der Waals surface area contributed by atoms with E-state index in [1.54, 1.807) is 17.5 Å². The van der Waals surface area contributed by atoms with Gasteiger partial charge in [0.25, 0.3) is 0 Å². The number of aromatic amines is 1. The molecule has 1 aliphatic heterocycles. The third-order valence-electron chi connectivity index (χ3n) is 5.78. The van der Waals surface area contributed by atoms with Crippen LogP contribution in [-0.2, 0) is 12.8 Å². The largest absolute Gasteiger partial charge is 0.353 e. The fourth-order valence-electron chi connectivity index (χ4n) is 4.40. The number of benzene rings is 1. The molecule has 1 atom stereocenters. The van der Waals surface area contributed by atoms with Gasteiger partial charge in [-0.25, -0.2) is 9.97 Å². The van der Waals surface area contributed by atoms with Gasteiger partial charge < -0.3 is 9.88 Å². The van der Waals surface area contributed by atoms with E-state index in [2.05, 4.69) is 55.1 Å². The summed E-state index contributed by atoms with van der Waals surface area (Å²) in [5.41, 5.74) is 4.02. The average molecular weight is 333 g/mol. The van der Waals surface area contributed by atoms with Crippen LogP contribution in [0.1, 0.15) is 17.5 Å². The Kier molecular flexibility index (Phi) is 3.67. The predicted octanol–water partition coefficient (Wildman–Crippen LogP) is 2.64. The van der Waals surface area contributed by atoms with Crippen molar-refractivity contribution in [3.63, 3.8) is 0 Å². The Morgan fingerprint density at radius 2 is 1.80 bits per heavy atom. The molecule has 0 bridgehead atoms. The van der Waals surface area contributed by atoms with Crippen molar-refractivity contribution in [3.05, 3.63) is 54.0 Å². The monoisotopic (exact) mass is 333 g/mol. The van der Waals surface area contributed by atoms with Crippen molar-refractivity contribution in [2.24, 2.45) is 0 Å². The predicted molar refractivity (Wildman–Crippen MR) is 99.9 cm³/mol. The molecular weight excluding hydrogens is 310 g/mol. The van der Waals surface area contributed by atoms with Crippen LogP contribution < -0.4 is 4.90 Å². The average Bonchev–Trinajstić information content (AvgIpc) is 3.17. The first-order valence-corrected chi connectivity index (χ1v) is 9.22. The van der Waals surface area contributed by atoms with E-state index < -0.39 is 0 Å². The maximum atomic E-state index is 4.55. The molecule has 1 N–H and O–H groups in total. The molecule has 0 radical (unpaired) electrons. The first-order chi connectivity index (χ1) is 12.4. The lowest BCUT2D eigenvalue weighted by Gasteiger charge is -2.41. The van der Waals surface area contributed by atoms with Gasteiger partial charge in [-0.2, -0.15) is 0 Å². The van der Waals surface area contributed by atoms with Gasteiger partial charge in [0, 0.05) is 38.4 Å². The molecular formula is C20H23N5. The molecule has 25 heavy (non-hydrogen) atoms. The smallest absolute Gasteiger partial charge is 0.142 e. The molecule has 5 heteroatoms. The molecule has 0 spiro atoms. The maximum absolute atomic E-state index is 4.55. The molecule has 2 aliphatic rings. The van der Waals surface area contributed by atoms with E-state index in [-0.39, 0.29) is 0 Å². The highest BCUT2D eigenvalue weighted by molar-refractivity contribution is 5.87. The summed E-state index contributed by atoms with van der Waals surface area (Å²) in [6, 6.07) is 11.7. The zero-order chi connectivity index (χ0) is 16.6. The summed E-state index contributed by atoms with van der Waals surface area (Å²) in [7, 11) is 0. The van der Waals surface area contributed by atoms with E-state index in [1.807, 2.05) is 6.20 Å². The number of aryl methyl sites for hydroxylation is 1. The van der Waals surface area contributed by atoms with E-state index >= 15 is 0 Å². The molecule has 2 aromatic heterocycles. The van der Waals surface area contributed by atoms with Crippen LogP contribution in [0.25, 0.3) is 11.0 Å². The second kappa shape index (κ2) is 6.15. The molecule has 5 nitrogen and oxygen atoms in total. The van der Waals surface area contributed by atoms with Gasteiger partial charge in [-0.3, -0.25) is 4.90 Å². The van der Waals surface area contributed by atoms with E-state index in [1.165, 1.54) is 19.3 Å². The standard InChI is InChI=1S/C20H23N5/c1-2-4-16-13-17(6-5-15(16)3-1)24-9-11-25(12-10-24)20-18-7-8-21-19(18)22-14-23-20/h1-4,7-8,14,17H,5-6,9-13H2,(H,21,22,23)/t17-/m0/s1. The lowest BCUT2D eigenvalue weighted by molar-refractivity contribution is 0.170. The zero-order valence-electron chi connectivity index (χ0n) is 14.4. The van der Waals surface area contributed by atoms with Gasteiger partial charge in [-0.1, -0.05) is 24.3 Å². The Bertz CT molecular complexity index is 878. The number of nitrogens with one attached hydrogen (secondary N) is 1. The van der Waals surface area contributed by atoms with Crippen LogP contribution in [0.5, 0.6) is 0 Å². The summed E-state index contributed by atoms with van der Waals surface area (Å²) < 4.78 is 0. The molecule has 3 aromatic rings. The van der Waals surface area contributed by atoms with Crippen molar-refractivity contribution < 1.29 is 0 Å². The summed E-state index contributed by atoms with van der Waals surface area (Å²) in [5, 5.41) is 1.13. The first kappa shape index (κ1) is 14.9. The highest BCUT2D eigenvalue weighted by Crippen LogP contribution is 2.27. The van der Waals surface area contributed by atoms with Crippen molar-refractivity contribution in [2.45, 2.75) is 25.3 Å². The molecule has 1 aromatic carbocycles. The van der Waals surface area contributed by atoms with Crippen LogP contribution in [0, 0.1) is 0 Å². The van der Waals surface area contributed by atoms with Crippen molar-refractivity contribution >= 4 is 16.9 Å². The third-order valence-corrected chi connectivity index (χ3v) is 5.78. The van der Waals surface area contributed by atoms with Crippen molar-refractivity contribution in [2.75, 3.05) is 31.1 Å². The van der Waals surface area contributed by atoms with Crippen LogP contribution in [-0.4, -0.2) is 52.1 Å². The van der Waals surface area contributed by atoms with Gasteiger partial charge >= 0.3 is 0 Å². The van der Waals surface area contributed by atoms with Crippen molar-refractivity contribution in [3.8, 4) is 0 Å². The number of H-pyrrole nitrogens is 1. The van der Waals surface area contributed by atoms with Crippen molar-refractivity contribution in [1.29, 1.82) is 0 Å². The lowest BCUT2D eigenvalue weighted by Crippen LogP contribution is -2.52. The third kappa shape index (κ3) is 2.68. The van der Waals surface area contributed by atoms with Crippen LogP contribution >= 0.6 is 0 Å². The summed E-state index contributed by atoms with van der Waals surface area (Å²) in [5.74, 6) is 1.07. The highest BCUT2D eigenvalue weighted by Gasteiger charge is 2.28. The van der Waals surface area contributed by atoms with Crippen LogP contribution in [0.15, 0.2) is 42.9 Å². The van der Waals surface area contributed by atoms with Gasteiger partial charge in [0.15, 0.2) is 0 Å². The summed E-state index contributed by atoms with van der Waals surface area (Å²) in [6.07, 6.45) is 7.31. The normalized spacial score (nSPS) is 21.4. The number of nitrogens with zero attached hydrogens (tertiary/aromatic N) is 4. The van der Waals surface area contributed by atoms with Gasteiger partial charge in [0.1, 0.15) is 17.8 Å². The Labute approximate surface area is 147 Å². The second-order valence-corrected chi connectivity index (χ2v) is 7.13. The molecule has 0 unspecified atom stereocenters. The number of aromatic nitrogens is 3. The molecule has 1 aliphatic carbocycles. The number of fused-ring (bicyclic) bond motifs is 2. The molecule has 1 saturated heterocycles. The Balaban J connectivity index is 1.28. The van der Waals surface area contributed by atoms with E-state index in [0.29, 0.717) is 6.04 Å². The van der Waals surface area contributed by atoms with Crippen molar-refractivity contribution in [1.82, 2.24) is 19.9 Å². The number of piperazine rings is 1. The minimum atomic E-state index is 0.690. The van der Waals surface area contributed by atoms with Gasteiger partial charge in [-0.15, -0.1) is 0 Å². The SMILES string of the molecule is c1ccc2c(c1)CC[C@H](N1CCN(c3ncnc4[nH]ccc34)CC1)C2. The topological polar surface area (TPSA) is 48.1 Å². The zero-order valence-corrected chi connectivity index (χ0v) is 14.4. The Morgan fingerprint density at radius 3 is 2.68 bits per heavy atom. The van der Waals surface area contributed by atoms with E-state index in [0.717, 1.165) is 43.0 Å². The fraction of sp³-hybridized carbons (Fsp3) is 0.400. The molecule has 3 heterocycles. The van der Waals surface area contributed by atoms with E-state index in [4.69, 9.17) is 0 Å². The number of hydrogen-bond donors (Lipinski definition) is 1. The minimum Gasteiger partial charge on any atom is -0.353 e. The van der Waals surface area contributed by atoms with Gasteiger partial charge in [0.2, 0.25) is 0 Å². The summed E-state index contributed by atoms with van der Waals surface area (Å²) in [4.78, 5) is 17.1. The molecule has 128 valence electrons. The van der Waals surface area contributed by atoms with Gasteiger partial charge in [-0.05, 0) is 36.5 Å². The Morgan fingerprint density at radius 1 is 0.960 bits per heavy atom. The Hall–Kier alpha value is -2.40. The molecule has 0 amide bonds. The number of rotatable bonds is 2. The summed E-state index contributed by atoms with van der Waals surface area (Å²) >= 11 is 0. The molecule has 0 saturated carbocycles. The summed E-state index contributed by atoms with van der Waals surface area (Å²) in [6.45, 7) is 4.30. The quantitative estimate of drug-likeness (QED) is 0.783. The van der Waals surface area contributed by atoms with Crippen LogP contribution in [0.4, 0.5) is 5.82 Å². The highest BCUT2D eigenvalue weighted by atomic mass is 15.3. The fourth-order valence-corrected chi connectivity index (χ4v) is 4.40. The van der Waals surface area contributed by atoms with E-state index in [9.17, 15) is 0 Å². The van der Waals surface area contributed by atoms with Crippen LogP contribution in [0.2, 0.25) is 0 Å². The number of hydrogen-bond acceptors (Lipinski definition) is 4. The first-order valence-electron chi connectivity index (χ1n) is 9.22. The minimum absolute atomic E-state index is 0.690. The van der Waals surface area contributed by atoms with Gasteiger partial charge in [0.05, 0.1) is 5.39 Å². The maximum Gasteiger partial charge on any atom is 0.142 e. The lowest BCUT2D eigenvalue weighted by atomic mass is 9.87. The second-order valence-electron chi connectivity index (χ2n) is 7.13. The van der Waals surface area contributed by atoms with Crippen LogP contribution in [0.3, 0.4) is 0 Å². The number of anilines is 1. The molecule has 5 rings (SSSR count).